The molecule has 2 saturated heterocycles. The fourth-order valence-electron chi connectivity index (χ4n) is 14.6. The molecule has 9 nitrogen and oxygen atoms in total. The van der Waals surface area contributed by atoms with E-state index in [1.165, 1.54) is 50.4 Å². The molecule has 0 spiro atoms. The van der Waals surface area contributed by atoms with Crippen LogP contribution in [0.5, 0.6) is 0 Å². The lowest BCUT2D eigenvalue weighted by Gasteiger charge is -2.72. The second-order valence-electron chi connectivity index (χ2n) is 20.0. The van der Waals surface area contributed by atoms with Gasteiger partial charge in [0.1, 0.15) is 0 Å². The minimum Gasteiger partial charge on any atom is -0.465 e. The number of benzene rings is 1. The average Bonchev–Trinajstić information content (AvgIpc) is 3.55. The summed E-state index contributed by atoms with van der Waals surface area (Å²) in [7, 11) is -1.48. The molecule has 2 heterocycles. The summed E-state index contributed by atoms with van der Waals surface area (Å²) in [5.74, 6) is 2.54. The number of esters is 1. The Morgan fingerprint density at radius 1 is 0.855 bits per heavy atom. The lowest BCUT2D eigenvalue weighted by atomic mass is 9.33. The van der Waals surface area contributed by atoms with Crippen molar-refractivity contribution in [2.75, 3.05) is 71.1 Å². The maximum Gasteiger partial charge on any atom is 0.337 e. The highest BCUT2D eigenvalue weighted by molar-refractivity contribution is 7.91. The summed E-state index contributed by atoms with van der Waals surface area (Å²) in [5.41, 5.74) is 3.62. The second kappa shape index (κ2) is 14.2. The van der Waals surface area contributed by atoms with Gasteiger partial charge in [0.15, 0.2) is 9.84 Å². The first-order valence-corrected chi connectivity index (χ1v) is 23.3. The Bertz CT molecular complexity index is 1770. The van der Waals surface area contributed by atoms with Gasteiger partial charge in [-0.3, -0.25) is 4.79 Å². The normalized spacial score (nSPS) is 40.9. The van der Waals surface area contributed by atoms with Gasteiger partial charge >= 0.3 is 5.97 Å². The van der Waals surface area contributed by atoms with E-state index in [9.17, 15) is 18.0 Å². The topological polar surface area (TPSA) is 105 Å². The Morgan fingerprint density at radius 2 is 1.56 bits per heavy atom. The van der Waals surface area contributed by atoms with Crippen LogP contribution in [0.2, 0.25) is 0 Å². The molecule has 6 fully saturated rings. The number of morpholine rings is 1. The number of carbonyl (C=O) groups is 2. The summed E-state index contributed by atoms with van der Waals surface area (Å²) in [4.78, 5) is 31.2. The van der Waals surface area contributed by atoms with E-state index in [0.29, 0.717) is 74.5 Å². The smallest absolute Gasteiger partial charge is 0.337 e. The molecular weight excluding hydrogens is 711 g/mol. The Morgan fingerprint density at radius 3 is 2.25 bits per heavy atom. The molecule has 0 bridgehead atoms. The summed E-state index contributed by atoms with van der Waals surface area (Å²) in [6.45, 7) is 18.5. The van der Waals surface area contributed by atoms with Crippen LogP contribution in [0.3, 0.4) is 0 Å². The first-order valence-electron chi connectivity index (χ1n) is 21.5. The number of fused-ring (bicyclic) bond motifs is 7. The molecule has 304 valence electrons. The molecule has 55 heavy (non-hydrogen) atoms. The third-order valence-electron chi connectivity index (χ3n) is 17.6. The van der Waals surface area contributed by atoms with E-state index in [4.69, 9.17) is 9.47 Å². The molecule has 1 amide bonds. The van der Waals surface area contributed by atoms with Crippen molar-refractivity contribution in [3.05, 3.63) is 41.5 Å². The Balaban J connectivity index is 1.07. The van der Waals surface area contributed by atoms with Crippen LogP contribution in [0.4, 0.5) is 0 Å². The molecule has 9 atom stereocenters. The van der Waals surface area contributed by atoms with E-state index in [1.807, 2.05) is 12.1 Å². The molecule has 0 aromatic heterocycles. The number of hydrogen-bond donors (Lipinski definition) is 1. The van der Waals surface area contributed by atoms with Crippen molar-refractivity contribution in [3.8, 4) is 0 Å². The van der Waals surface area contributed by atoms with Crippen LogP contribution < -0.4 is 5.32 Å². The number of sulfone groups is 1. The van der Waals surface area contributed by atoms with Gasteiger partial charge in [0.05, 0.1) is 37.4 Å². The molecule has 4 saturated carbocycles. The van der Waals surface area contributed by atoms with Crippen molar-refractivity contribution in [2.24, 2.45) is 51.2 Å². The van der Waals surface area contributed by atoms with E-state index in [-0.39, 0.29) is 50.6 Å². The first-order chi connectivity index (χ1) is 26.1. The number of ether oxygens (including phenoxy) is 2. The monoisotopic (exact) mass is 777 g/mol. The van der Waals surface area contributed by atoms with Crippen molar-refractivity contribution >= 4 is 27.3 Å². The predicted molar refractivity (Wildman–Crippen MR) is 216 cm³/mol. The largest absolute Gasteiger partial charge is 0.465 e. The first kappa shape index (κ1) is 39.6. The number of hydrogen-bond acceptors (Lipinski definition) is 8. The van der Waals surface area contributed by atoms with Crippen molar-refractivity contribution in [1.82, 2.24) is 15.1 Å². The van der Waals surface area contributed by atoms with E-state index >= 15 is 0 Å². The average molecular weight is 778 g/mol. The quantitative estimate of drug-likeness (QED) is 0.314. The lowest BCUT2D eigenvalue weighted by molar-refractivity contribution is -0.221. The second-order valence-corrected chi connectivity index (χ2v) is 22.3. The number of carbonyl (C=O) groups excluding carboxylic acids is 2. The highest BCUT2D eigenvalue weighted by atomic mass is 32.2. The van der Waals surface area contributed by atoms with Gasteiger partial charge in [0.25, 0.3) is 0 Å². The summed E-state index contributed by atoms with van der Waals surface area (Å²) in [6, 6.07) is 8.03. The number of allylic oxidation sites excluding steroid dienone is 2. The van der Waals surface area contributed by atoms with Crippen LogP contribution in [0.1, 0.15) is 108 Å². The van der Waals surface area contributed by atoms with Gasteiger partial charge < -0.3 is 24.6 Å². The maximum absolute atomic E-state index is 14.6. The number of nitrogens with one attached hydrogen (secondary N) is 1. The zero-order chi connectivity index (χ0) is 39.0. The molecular formula is C45H67N3O6S. The van der Waals surface area contributed by atoms with Crippen LogP contribution >= 0.6 is 0 Å². The Kier molecular flexibility index (Phi) is 10.2. The summed E-state index contributed by atoms with van der Waals surface area (Å²) in [6.07, 6.45) is 12.7. The molecule has 7 aliphatic rings. The van der Waals surface area contributed by atoms with Crippen LogP contribution in [-0.2, 0) is 24.1 Å². The Hall–Kier alpha value is -2.27. The van der Waals surface area contributed by atoms with Crippen molar-refractivity contribution in [3.63, 3.8) is 0 Å². The lowest BCUT2D eigenvalue weighted by Crippen LogP contribution is -2.68. The number of amides is 1. The molecule has 1 aromatic carbocycles. The van der Waals surface area contributed by atoms with Crippen molar-refractivity contribution in [1.29, 1.82) is 0 Å². The minimum atomic E-state index is -2.91. The fourth-order valence-corrected chi connectivity index (χ4v) is 15.9. The predicted octanol–water partition coefficient (Wildman–Crippen LogP) is 6.48. The standard InChI is InChI=1S/C45H67N3O6S/c1-41(2)34(31-7-9-32(10-8-31)40(50)53-6)14-16-42(3)36(41)15-17-44(5)37(42)12-11-35-38-33(39(49)48-23-27-54-28-24-48)13-18-45(38,20-19-43(35,44)4)46-21-22-47-25-29-55(51,52)30-26-47/h7-10,14,33,35-38,46H,11-13,15-30H2,1-6H3/t33-,35-,36+,37-,38-,42+,43-,44-,45+/m1/s1. The molecule has 1 N–H and O–H groups in total. The number of methoxy groups -OCH3 is 1. The molecule has 8 rings (SSSR count). The zero-order valence-corrected chi connectivity index (χ0v) is 35.3. The third kappa shape index (κ3) is 6.37. The van der Waals surface area contributed by atoms with Gasteiger partial charge in [-0.15, -0.1) is 0 Å². The van der Waals surface area contributed by atoms with Crippen LogP contribution in [-0.4, -0.2) is 107 Å². The number of rotatable bonds is 7. The fraction of sp³-hybridized carbons (Fsp3) is 0.778. The molecule has 10 heteroatoms. The maximum atomic E-state index is 14.6. The summed E-state index contributed by atoms with van der Waals surface area (Å²) >= 11 is 0. The van der Waals surface area contributed by atoms with Gasteiger partial charge in [-0.25, -0.2) is 13.2 Å². The molecule has 2 aliphatic heterocycles. The van der Waals surface area contributed by atoms with Crippen LogP contribution in [0.25, 0.3) is 5.57 Å². The highest BCUT2D eigenvalue weighted by Gasteiger charge is 2.71. The van der Waals surface area contributed by atoms with Gasteiger partial charge in [-0.05, 0) is 126 Å². The third-order valence-corrected chi connectivity index (χ3v) is 19.2. The van der Waals surface area contributed by atoms with Crippen LogP contribution in [0, 0.1) is 51.2 Å². The molecule has 0 unspecified atom stereocenters. The van der Waals surface area contributed by atoms with Gasteiger partial charge in [-0.1, -0.05) is 52.8 Å². The van der Waals surface area contributed by atoms with Gasteiger partial charge in [-0.2, -0.15) is 0 Å². The number of nitrogens with zero attached hydrogens (tertiary/aromatic N) is 2. The molecule has 1 aromatic rings. The van der Waals surface area contributed by atoms with Gasteiger partial charge in [0, 0.05) is 50.7 Å². The Labute approximate surface area is 330 Å². The summed E-state index contributed by atoms with van der Waals surface area (Å²) < 4.78 is 34.9. The molecule has 5 aliphatic carbocycles. The highest BCUT2D eigenvalue weighted by Crippen LogP contribution is 2.76. The van der Waals surface area contributed by atoms with Crippen LogP contribution in [0.15, 0.2) is 30.3 Å². The molecule has 0 radical (unpaired) electrons. The zero-order valence-electron chi connectivity index (χ0n) is 34.5. The van der Waals surface area contributed by atoms with Crippen molar-refractivity contribution < 1.29 is 27.5 Å². The van der Waals surface area contributed by atoms with E-state index in [0.717, 1.165) is 38.8 Å². The summed E-state index contributed by atoms with van der Waals surface area (Å²) in [5, 5.41) is 4.16. The SMILES string of the molecule is COC(=O)c1ccc(C2=CC[C@]3(C)[C@H]4CC[C@@H]5[C@H]6[C@H](C(=O)N7CCOCC7)CC[C@]6(NCCN6CCS(=O)(=O)CC6)CC[C@@]5(C)[C@]4(C)CC[C@H]3C2(C)C)cc1. The van der Waals surface area contributed by atoms with E-state index in [1.54, 1.807) is 0 Å². The van der Waals surface area contributed by atoms with Crippen molar-refractivity contribution in [2.45, 2.75) is 97.9 Å². The minimum absolute atomic E-state index is 0.00975. The van der Waals surface area contributed by atoms with Gasteiger partial charge in [0.2, 0.25) is 5.91 Å². The van der Waals surface area contributed by atoms with E-state index in [2.05, 4.69) is 67.9 Å². The van der Waals surface area contributed by atoms with E-state index < -0.39 is 9.84 Å².